The van der Waals surface area contributed by atoms with Gasteiger partial charge in [0.2, 0.25) is 0 Å². The summed E-state index contributed by atoms with van der Waals surface area (Å²) in [6.45, 7) is 6.86. The van der Waals surface area contributed by atoms with Crippen molar-refractivity contribution in [3.8, 4) is 0 Å². The van der Waals surface area contributed by atoms with E-state index in [1.807, 2.05) is 0 Å². The summed E-state index contributed by atoms with van der Waals surface area (Å²) >= 11 is 6.30. The Morgan fingerprint density at radius 2 is 1.29 bits per heavy atom. The molecule has 5 heterocycles. The Bertz CT molecular complexity index is 1340. The maximum absolute atomic E-state index is 13.8. The number of aliphatic hydroxyl groups excluding tert-OH is 2. The maximum Gasteiger partial charge on any atom is 0.329 e. The van der Waals surface area contributed by atoms with Crippen LogP contribution in [0.4, 0.5) is 0 Å². The summed E-state index contributed by atoms with van der Waals surface area (Å²) in [5, 5.41) is 23.0. The standard InChI is InChI=1S/C27H37ClN2O11/c1-26(2)38-21-19(34-5)17(36-23(21)40-26)15(31)10-29-13-8-7-12(28)9-14(13)30(25(29)33)11-16(32)18-20(35-6)22-24(37-18)41-27(3,4)39-22/h7-9,15-24,31-32H,10-11H2,1-6H3/t15?,16?,17-,18-,19+,20+,21?,22-,23?,24+/m1/s1. The summed E-state index contributed by atoms with van der Waals surface area (Å²) in [7, 11) is 3.02. The molecule has 2 aromatic rings. The highest BCUT2D eigenvalue weighted by atomic mass is 35.5. The van der Waals surface area contributed by atoms with Gasteiger partial charge in [-0.2, -0.15) is 0 Å². The summed E-state index contributed by atoms with van der Waals surface area (Å²) in [4.78, 5) is 13.8. The number of aliphatic hydroxyl groups is 2. The minimum Gasteiger partial charge on any atom is -0.388 e. The van der Waals surface area contributed by atoms with E-state index in [2.05, 4.69) is 0 Å². The molecule has 4 unspecified atom stereocenters. The molecule has 10 atom stereocenters. The minimum absolute atomic E-state index is 0.116. The van der Waals surface area contributed by atoms with Crippen molar-refractivity contribution in [1.82, 2.24) is 9.13 Å². The van der Waals surface area contributed by atoms with Gasteiger partial charge in [0.1, 0.15) is 48.8 Å². The summed E-state index contributed by atoms with van der Waals surface area (Å²) in [6, 6.07) is 4.99. The quantitative estimate of drug-likeness (QED) is 0.447. The third kappa shape index (κ3) is 5.14. The molecule has 1 aromatic heterocycles. The van der Waals surface area contributed by atoms with Crippen molar-refractivity contribution in [3.05, 3.63) is 33.7 Å². The van der Waals surface area contributed by atoms with Crippen molar-refractivity contribution < 1.29 is 48.1 Å². The van der Waals surface area contributed by atoms with Crippen molar-refractivity contribution in [2.75, 3.05) is 14.2 Å². The number of hydrogen-bond acceptors (Lipinski definition) is 11. The molecule has 14 heteroatoms. The number of aromatic nitrogens is 2. The van der Waals surface area contributed by atoms with Crippen molar-refractivity contribution in [1.29, 1.82) is 0 Å². The molecule has 0 saturated carbocycles. The first-order valence-electron chi connectivity index (χ1n) is 13.6. The lowest BCUT2D eigenvalue weighted by Gasteiger charge is -2.28. The van der Waals surface area contributed by atoms with Gasteiger partial charge in [-0.3, -0.25) is 9.13 Å². The fraction of sp³-hybridized carbons (Fsp3) is 0.741. The van der Waals surface area contributed by atoms with E-state index in [4.69, 9.17) is 49.5 Å². The van der Waals surface area contributed by atoms with Crippen LogP contribution in [0, 0.1) is 0 Å². The molecule has 0 spiro atoms. The highest BCUT2D eigenvalue weighted by Crippen LogP contribution is 2.41. The van der Waals surface area contributed by atoms with Gasteiger partial charge in [-0.25, -0.2) is 4.79 Å². The minimum atomic E-state index is -1.16. The van der Waals surface area contributed by atoms with Crippen LogP contribution in [0.2, 0.25) is 5.02 Å². The van der Waals surface area contributed by atoms with E-state index >= 15 is 0 Å². The second kappa shape index (κ2) is 10.5. The predicted molar refractivity (Wildman–Crippen MR) is 142 cm³/mol. The molecule has 41 heavy (non-hydrogen) atoms. The topological polar surface area (TPSA) is 141 Å². The average molecular weight is 601 g/mol. The molecule has 0 bridgehead atoms. The van der Waals surface area contributed by atoms with E-state index in [1.54, 1.807) is 45.9 Å². The highest BCUT2D eigenvalue weighted by Gasteiger charge is 2.58. The Kier molecular flexibility index (Phi) is 7.56. The third-order valence-corrected chi connectivity index (χ3v) is 8.31. The molecule has 4 aliphatic rings. The van der Waals surface area contributed by atoms with Crippen molar-refractivity contribution >= 4 is 22.6 Å². The molecule has 4 saturated heterocycles. The second-order valence-electron chi connectivity index (χ2n) is 11.8. The van der Waals surface area contributed by atoms with Crippen LogP contribution in [0.1, 0.15) is 27.7 Å². The molecule has 0 aliphatic carbocycles. The van der Waals surface area contributed by atoms with Crippen LogP contribution >= 0.6 is 11.6 Å². The van der Waals surface area contributed by atoms with Crippen LogP contribution in [-0.4, -0.2) is 107 Å². The Balaban J connectivity index is 1.25. The van der Waals surface area contributed by atoms with E-state index in [9.17, 15) is 15.0 Å². The van der Waals surface area contributed by atoms with Crippen molar-refractivity contribution in [2.45, 2.75) is 114 Å². The Hall–Kier alpha value is -1.62. The van der Waals surface area contributed by atoms with Gasteiger partial charge < -0.3 is 48.1 Å². The first-order chi connectivity index (χ1) is 19.3. The van der Waals surface area contributed by atoms with Gasteiger partial charge in [0.15, 0.2) is 24.2 Å². The largest absolute Gasteiger partial charge is 0.388 e. The number of ether oxygens (including phenoxy) is 8. The van der Waals surface area contributed by atoms with Crippen molar-refractivity contribution in [3.63, 3.8) is 0 Å². The molecule has 0 amide bonds. The summed E-state index contributed by atoms with van der Waals surface area (Å²) in [5.74, 6) is -1.69. The second-order valence-corrected chi connectivity index (χ2v) is 12.2. The summed E-state index contributed by atoms with van der Waals surface area (Å²) < 4.78 is 49.5. The monoisotopic (exact) mass is 600 g/mol. The zero-order chi connectivity index (χ0) is 29.4. The predicted octanol–water partition coefficient (Wildman–Crippen LogP) is 0.961. The van der Waals surface area contributed by atoms with Gasteiger partial charge in [-0.15, -0.1) is 0 Å². The number of benzene rings is 1. The summed E-state index contributed by atoms with van der Waals surface area (Å²) in [6.07, 6.45) is -7.65. The van der Waals surface area contributed by atoms with Gasteiger partial charge in [-0.1, -0.05) is 11.6 Å². The lowest BCUT2D eigenvalue weighted by atomic mass is 10.1. The van der Waals surface area contributed by atoms with E-state index < -0.39 is 78.7 Å². The zero-order valence-electron chi connectivity index (χ0n) is 23.8. The molecule has 0 radical (unpaired) electrons. The zero-order valence-corrected chi connectivity index (χ0v) is 24.5. The fourth-order valence-electron chi connectivity index (χ4n) is 6.39. The normalized spacial score (nSPS) is 37.0. The first kappa shape index (κ1) is 29.5. The molecule has 228 valence electrons. The Morgan fingerprint density at radius 1 is 0.829 bits per heavy atom. The molecule has 2 N–H and O–H groups in total. The maximum atomic E-state index is 13.8. The molecule has 4 fully saturated rings. The van der Waals surface area contributed by atoms with Gasteiger partial charge in [-0.05, 0) is 45.9 Å². The van der Waals surface area contributed by atoms with Crippen molar-refractivity contribution in [2.24, 2.45) is 0 Å². The molecule has 4 aliphatic heterocycles. The lowest BCUT2D eigenvalue weighted by Crippen LogP contribution is -2.46. The Morgan fingerprint density at radius 3 is 1.76 bits per heavy atom. The number of halogens is 1. The Labute approximate surface area is 241 Å². The highest BCUT2D eigenvalue weighted by molar-refractivity contribution is 6.31. The molecule has 1 aromatic carbocycles. The SMILES string of the molecule is CO[C@@H]1[C@H]2OC(C)(C)O[C@@H]2O[C@@H]1C(O)Cn1c(=O)n(CC(O)[C@H]2OC3OC(C)(C)OC3[C@H]2OC)c2ccc(Cl)cc21. The molecule has 13 nitrogen and oxygen atoms in total. The third-order valence-electron chi connectivity index (χ3n) is 8.08. The van der Waals surface area contributed by atoms with Crippen LogP contribution in [0.15, 0.2) is 23.0 Å². The van der Waals surface area contributed by atoms with Crippen LogP contribution in [-0.2, 0) is 51.0 Å². The van der Waals surface area contributed by atoms with E-state index in [0.29, 0.717) is 16.1 Å². The number of imidazole rings is 1. The summed E-state index contributed by atoms with van der Waals surface area (Å²) in [5.41, 5.74) is 0.546. The first-order valence-corrected chi connectivity index (χ1v) is 14.0. The van der Waals surface area contributed by atoms with Crippen LogP contribution in [0.3, 0.4) is 0 Å². The number of fused-ring (bicyclic) bond motifs is 3. The van der Waals surface area contributed by atoms with E-state index in [0.717, 1.165) is 0 Å². The van der Waals surface area contributed by atoms with E-state index in [1.165, 1.54) is 23.4 Å². The number of methoxy groups -OCH3 is 2. The number of nitrogens with zero attached hydrogens (tertiary/aromatic N) is 2. The van der Waals surface area contributed by atoms with Crippen LogP contribution in [0.5, 0.6) is 0 Å². The van der Waals surface area contributed by atoms with Gasteiger partial charge in [0.25, 0.3) is 0 Å². The van der Waals surface area contributed by atoms with Gasteiger partial charge >= 0.3 is 5.69 Å². The van der Waals surface area contributed by atoms with E-state index in [-0.39, 0.29) is 13.1 Å². The fourth-order valence-corrected chi connectivity index (χ4v) is 6.56. The average Bonchev–Trinajstić information content (AvgIpc) is 3.63. The molecule has 6 rings (SSSR count). The number of rotatable bonds is 8. The van der Waals surface area contributed by atoms with Crippen LogP contribution < -0.4 is 5.69 Å². The molecular weight excluding hydrogens is 564 g/mol. The molecular formula is C27H37ClN2O11. The van der Waals surface area contributed by atoms with Gasteiger partial charge in [0, 0.05) is 19.2 Å². The smallest absolute Gasteiger partial charge is 0.329 e. The number of hydrogen-bond donors (Lipinski definition) is 2. The van der Waals surface area contributed by atoms with Crippen LogP contribution in [0.25, 0.3) is 11.0 Å². The lowest BCUT2D eigenvalue weighted by molar-refractivity contribution is -0.228. The van der Waals surface area contributed by atoms with Gasteiger partial charge in [0.05, 0.1) is 24.1 Å².